The minimum atomic E-state index is -0.804. The number of rotatable bonds is 4. The highest BCUT2D eigenvalue weighted by molar-refractivity contribution is 7.09. The maximum Gasteiger partial charge on any atom is 0.311 e. The summed E-state index contributed by atoms with van der Waals surface area (Å²) in [5.74, 6) is -1.31. The first-order chi connectivity index (χ1) is 7.77. The number of aromatic nitrogens is 1. The summed E-state index contributed by atoms with van der Waals surface area (Å²) in [5.41, 5.74) is 0.824. The second kappa shape index (κ2) is 4.90. The largest absolute Gasteiger partial charge is 0.481 e. The second-order valence-electron chi connectivity index (χ2n) is 3.43. The molecule has 0 saturated carbocycles. The quantitative estimate of drug-likeness (QED) is 0.882. The molecule has 0 aliphatic rings. The van der Waals surface area contributed by atoms with Crippen LogP contribution in [0.15, 0.2) is 41.9 Å². The van der Waals surface area contributed by atoms with Gasteiger partial charge in [0.25, 0.3) is 0 Å². The molecule has 0 bridgehead atoms. The third-order valence-corrected chi connectivity index (χ3v) is 3.16. The summed E-state index contributed by atoms with van der Waals surface area (Å²) >= 11 is 1.49. The molecule has 2 rings (SSSR count). The summed E-state index contributed by atoms with van der Waals surface area (Å²) in [7, 11) is 0. The number of nitrogens with zero attached hydrogens (tertiary/aromatic N) is 1. The van der Waals surface area contributed by atoms with Crippen LogP contribution in [0.1, 0.15) is 16.5 Å². The summed E-state index contributed by atoms with van der Waals surface area (Å²) in [6.07, 6.45) is 2.15. The molecule has 82 valence electrons. The zero-order valence-corrected chi connectivity index (χ0v) is 9.35. The molecule has 3 nitrogen and oxygen atoms in total. The summed E-state index contributed by atoms with van der Waals surface area (Å²) in [4.78, 5) is 15.3. The summed E-state index contributed by atoms with van der Waals surface area (Å²) in [6.45, 7) is 0. The Labute approximate surface area is 97.4 Å². The number of carboxylic acids is 1. The highest BCUT2D eigenvalue weighted by Crippen LogP contribution is 2.22. The van der Waals surface area contributed by atoms with E-state index in [9.17, 15) is 9.90 Å². The smallest absolute Gasteiger partial charge is 0.311 e. The number of hydrogen-bond donors (Lipinski definition) is 1. The van der Waals surface area contributed by atoms with Crippen LogP contribution in [0.3, 0.4) is 0 Å². The maximum atomic E-state index is 11.2. The van der Waals surface area contributed by atoms with Crippen LogP contribution in [0.25, 0.3) is 0 Å². The molecule has 16 heavy (non-hydrogen) atoms. The molecule has 0 spiro atoms. The maximum absolute atomic E-state index is 11.2. The van der Waals surface area contributed by atoms with E-state index in [1.165, 1.54) is 11.3 Å². The van der Waals surface area contributed by atoms with E-state index in [0.717, 1.165) is 10.6 Å². The van der Waals surface area contributed by atoms with Gasteiger partial charge in [-0.1, -0.05) is 30.3 Å². The number of thiazole rings is 1. The summed E-state index contributed by atoms with van der Waals surface area (Å²) in [6, 6.07) is 9.27. The van der Waals surface area contributed by atoms with E-state index in [1.807, 2.05) is 35.7 Å². The minimum absolute atomic E-state index is 0.455. The Kier molecular flexibility index (Phi) is 3.31. The third-order valence-electron chi connectivity index (χ3n) is 2.36. The van der Waals surface area contributed by atoms with Crippen molar-refractivity contribution < 1.29 is 9.90 Å². The fourth-order valence-corrected chi connectivity index (χ4v) is 2.22. The SMILES string of the molecule is O=C(O)C(Cc1nccs1)c1ccccc1. The number of hydrogen-bond acceptors (Lipinski definition) is 3. The highest BCUT2D eigenvalue weighted by Gasteiger charge is 2.20. The van der Waals surface area contributed by atoms with E-state index in [0.29, 0.717) is 6.42 Å². The van der Waals surface area contributed by atoms with E-state index >= 15 is 0 Å². The standard InChI is InChI=1S/C12H11NO2S/c14-12(15)10(8-11-13-6-7-16-11)9-4-2-1-3-5-9/h1-7,10H,8H2,(H,14,15). The lowest BCUT2D eigenvalue weighted by Crippen LogP contribution is -2.14. The van der Waals surface area contributed by atoms with E-state index in [4.69, 9.17) is 0 Å². The first kappa shape index (κ1) is 10.8. The van der Waals surface area contributed by atoms with Crippen LogP contribution >= 0.6 is 11.3 Å². The third kappa shape index (κ3) is 2.46. The zero-order chi connectivity index (χ0) is 11.4. The summed E-state index contributed by atoms with van der Waals surface area (Å²) < 4.78 is 0. The Hall–Kier alpha value is -1.68. The first-order valence-electron chi connectivity index (χ1n) is 4.93. The molecule has 2 aromatic rings. The van der Waals surface area contributed by atoms with Crippen LogP contribution in [-0.4, -0.2) is 16.1 Å². The van der Waals surface area contributed by atoms with Gasteiger partial charge in [0.1, 0.15) is 0 Å². The Morgan fingerprint density at radius 3 is 2.69 bits per heavy atom. The molecule has 1 N–H and O–H groups in total. The van der Waals surface area contributed by atoms with Gasteiger partial charge in [0.2, 0.25) is 0 Å². The molecule has 0 saturated heterocycles. The van der Waals surface area contributed by atoms with Crippen molar-refractivity contribution in [3.8, 4) is 0 Å². The Morgan fingerprint density at radius 2 is 2.12 bits per heavy atom. The normalized spacial score (nSPS) is 12.2. The first-order valence-corrected chi connectivity index (χ1v) is 5.81. The molecular formula is C12H11NO2S. The molecule has 0 fully saturated rings. The molecule has 1 heterocycles. The number of benzene rings is 1. The van der Waals surface area contributed by atoms with Gasteiger partial charge in [0, 0.05) is 18.0 Å². The molecule has 1 aromatic heterocycles. The fraction of sp³-hybridized carbons (Fsp3) is 0.167. The Balaban J connectivity index is 2.22. The fourth-order valence-electron chi connectivity index (χ4n) is 1.56. The summed E-state index contributed by atoms with van der Waals surface area (Å²) in [5, 5.41) is 11.9. The molecular weight excluding hydrogens is 222 g/mol. The van der Waals surface area contributed by atoms with Crippen molar-refractivity contribution in [2.24, 2.45) is 0 Å². The highest BCUT2D eigenvalue weighted by atomic mass is 32.1. The van der Waals surface area contributed by atoms with Gasteiger partial charge >= 0.3 is 5.97 Å². The number of aliphatic carboxylic acids is 1. The predicted octanol–water partition coefficient (Wildman–Crippen LogP) is 2.55. The van der Waals surface area contributed by atoms with E-state index in [1.54, 1.807) is 6.20 Å². The lowest BCUT2D eigenvalue weighted by atomic mass is 9.96. The number of carbonyl (C=O) groups is 1. The van der Waals surface area contributed by atoms with E-state index in [-0.39, 0.29) is 0 Å². The second-order valence-corrected chi connectivity index (χ2v) is 4.41. The van der Waals surface area contributed by atoms with Crippen molar-refractivity contribution in [3.05, 3.63) is 52.5 Å². The molecule has 0 radical (unpaired) electrons. The molecule has 1 atom stereocenters. The van der Waals surface area contributed by atoms with Gasteiger partial charge in [-0.25, -0.2) is 4.98 Å². The predicted molar refractivity (Wildman–Crippen MR) is 62.6 cm³/mol. The average molecular weight is 233 g/mol. The van der Waals surface area contributed by atoms with Crippen molar-refractivity contribution in [1.29, 1.82) is 0 Å². The number of carboxylic acid groups (broad SMARTS) is 1. The monoisotopic (exact) mass is 233 g/mol. The van der Waals surface area contributed by atoms with Gasteiger partial charge in [-0.15, -0.1) is 11.3 Å². The lowest BCUT2D eigenvalue weighted by Gasteiger charge is -2.10. The molecule has 0 aliphatic carbocycles. The van der Waals surface area contributed by atoms with Crippen LogP contribution in [-0.2, 0) is 11.2 Å². The molecule has 1 aromatic carbocycles. The molecule has 0 aliphatic heterocycles. The van der Waals surface area contributed by atoms with E-state index < -0.39 is 11.9 Å². The van der Waals surface area contributed by atoms with Crippen molar-refractivity contribution in [2.75, 3.05) is 0 Å². The topological polar surface area (TPSA) is 50.2 Å². The van der Waals surface area contributed by atoms with Crippen LogP contribution < -0.4 is 0 Å². The van der Waals surface area contributed by atoms with Gasteiger partial charge in [0.15, 0.2) is 0 Å². The van der Waals surface area contributed by atoms with Crippen LogP contribution in [0.4, 0.5) is 0 Å². The molecule has 0 amide bonds. The molecule has 4 heteroatoms. The van der Waals surface area contributed by atoms with Crippen molar-refractivity contribution in [2.45, 2.75) is 12.3 Å². The van der Waals surface area contributed by atoms with Crippen LogP contribution in [0, 0.1) is 0 Å². The van der Waals surface area contributed by atoms with Crippen molar-refractivity contribution in [1.82, 2.24) is 4.98 Å². The van der Waals surface area contributed by atoms with Gasteiger partial charge < -0.3 is 5.11 Å². The van der Waals surface area contributed by atoms with Crippen LogP contribution in [0.2, 0.25) is 0 Å². The lowest BCUT2D eigenvalue weighted by molar-refractivity contribution is -0.138. The van der Waals surface area contributed by atoms with Gasteiger partial charge in [-0.2, -0.15) is 0 Å². The van der Waals surface area contributed by atoms with Crippen molar-refractivity contribution >= 4 is 17.3 Å². The van der Waals surface area contributed by atoms with Gasteiger partial charge in [0.05, 0.1) is 10.9 Å². The Bertz CT molecular complexity index is 453. The van der Waals surface area contributed by atoms with Gasteiger partial charge in [-0.3, -0.25) is 4.79 Å². The molecule has 1 unspecified atom stereocenters. The van der Waals surface area contributed by atoms with Gasteiger partial charge in [-0.05, 0) is 5.56 Å². The van der Waals surface area contributed by atoms with Crippen molar-refractivity contribution in [3.63, 3.8) is 0 Å². The average Bonchev–Trinajstić information content (AvgIpc) is 2.79. The minimum Gasteiger partial charge on any atom is -0.481 e. The van der Waals surface area contributed by atoms with E-state index in [2.05, 4.69) is 4.98 Å². The van der Waals surface area contributed by atoms with Crippen LogP contribution in [0.5, 0.6) is 0 Å². The zero-order valence-electron chi connectivity index (χ0n) is 8.54. The Morgan fingerprint density at radius 1 is 1.38 bits per heavy atom.